The molecule has 3 rings (SSSR count). The number of hydrogen-bond acceptors (Lipinski definition) is 4. The maximum absolute atomic E-state index is 12.0. The lowest BCUT2D eigenvalue weighted by Crippen LogP contribution is -2.19. The highest BCUT2D eigenvalue weighted by Crippen LogP contribution is 2.31. The Morgan fingerprint density at radius 1 is 1.17 bits per heavy atom. The predicted molar refractivity (Wildman–Crippen MR) is 98.1 cm³/mol. The lowest BCUT2D eigenvalue weighted by molar-refractivity contribution is 0.414. The first-order valence-electron chi connectivity index (χ1n) is 7.75. The van der Waals surface area contributed by atoms with Crippen LogP contribution in [-0.2, 0) is 6.54 Å². The summed E-state index contributed by atoms with van der Waals surface area (Å²) in [6.45, 7) is 6.54. The van der Waals surface area contributed by atoms with E-state index in [9.17, 15) is 4.79 Å². The Morgan fingerprint density at radius 2 is 1.88 bits per heavy atom. The molecule has 4 nitrogen and oxygen atoms in total. The van der Waals surface area contributed by atoms with Gasteiger partial charge in [0, 0.05) is 23.2 Å². The van der Waals surface area contributed by atoms with Gasteiger partial charge in [0.25, 0.3) is 5.56 Å². The molecule has 0 aliphatic heterocycles. The van der Waals surface area contributed by atoms with Crippen molar-refractivity contribution < 1.29 is 4.74 Å². The topological polar surface area (TPSA) is 44.1 Å². The van der Waals surface area contributed by atoms with E-state index in [-0.39, 0.29) is 5.56 Å². The second-order valence-electron chi connectivity index (χ2n) is 5.93. The Labute approximate surface area is 145 Å². The SMILES string of the molecule is COc1cc(C)c(-c2csc(Cn3ccc(C)cc3=O)n2)c(C)c1. The van der Waals surface area contributed by atoms with E-state index in [4.69, 9.17) is 9.72 Å². The van der Waals surface area contributed by atoms with Gasteiger partial charge in [0.05, 0.1) is 19.3 Å². The normalized spacial score (nSPS) is 10.8. The highest BCUT2D eigenvalue weighted by atomic mass is 32.1. The molecule has 1 aromatic carbocycles. The summed E-state index contributed by atoms with van der Waals surface area (Å²) in [6, 6.07) is 7.62. The van der Waals surface area contributed by atoms with Crippen molar-refractivity contribution in [1.29, 1.82) is 0 Å². The predicted octanol–water partition coefficient (Wildman–Crippen LogP) is 3.95. The van der Waals surface area contributed by atoms with Crippen molar-refractivity contribution in [3.8, 4) is 17.0 Å². The number of hydrogen-bond donors (Lipinski definition) is 0. The quantitative estimate of drug-likeness (QED) is 0.722. The molecule has 124 valence electrons. The van der Waals surface area contributed by atoms with Crippen LogP contribution in [-0.4, -0.2) is 16.7 Å². The average molecular weight is 340 g/mol. The van der Waals surface area contributed by atoms with Gasteiger partial charge in [0.2, 0.25) is 0 Å². The smallest absolute Gasteiger partial charge is 0.251 e. The molecule has 0 spiro atoms. The summed E-state index contributed by atoms with van der Waals surface area (Å²) >= 11 is 1.58. The lowest BCUT2D eigenvalue weighted by atomic mass is 10.0. The Kier molecular flexibility index (Phi) is 4.53. The minimum atomic E-state index is 0.00329. The largest absolute Gasteiger partial charge is 0.497 e. The van der Waals surface area contributed by atoms with Crippen molar-refractivity contribution in [1.82, 2.24) is 9.55 Å². The molecule has 2 heterocycles. The van der Waals surface area contributed by atoms with Crippen LogP contribution < -0.4 is 10.3 Å². The van der Waals surface area contributed by atoms with Gasteiger partial charge in [-0.25, -0.2) is 4.98 Å². The van der Waals surface area contributed by atoms with Crippen LogP contribution in [0.15, 0.2) is 40.6 Å². The first kappa shape index (κ1) is 16.5. The van der Waals surface area contributed by atoms with Crippen molar-refractivity contribution >= 4 is 11.3 Å². The first-order chi connectivity index (χ1) is 11.5. The standard InChI is InChI=1S/C19H20N2O2S/c1-12-5-6-21(18(22)7-12)10-17-20-16(11-24-17)19-13(2)8-15(23-4)9-14(19)3/h5-9,11H,10H2,1-4H3. The average Bonchev–Trinajstić information content (AvgIpc) is 2.97. The van der Waals surface area contributed by atoms with Crippen LogP contribution in [0.1, 0.15) is 21.7 Å². The molecule has 3 aromatic rings. The number of methoxy groups -OCH3 is 1. The number of thiazole rings is 1. The van der Waals surface area contributed by atoms with E-state index in [2.05, 4.69) is 19.2 Å². The van der Waals surface area contributed by atoms with Gasteiger partial charge < -0.3 is 9.30 Å². The Hall–Kier alpha value is -2.40. The van der Waals surface area contributed by atoms with Gasteiger partial charge in [0.15, 0.2) is 0 Å². The zero-order chi connectivity index (χ0) is 17.3. The Bertz CT molecular complexity index is 918. The zero-order valence-corrected chi connectivity index (χ0v) is 15.1. The van der Waals surface area contributed by atoms with Gasteiger partial charge in [-0.3, -0.25) is 4.79 Å². The number of pyridine rings is 1. The van der Waals surface area contributed by atoms with Crippen molar-refractivity contribution in [3.63, 3.8) is 0 Å². The van der Waals surface area contributed by atoms with Crippen LogP contribution in [0.3, 0.4) is 0 Å². The molecule has 0 atom stereocenters. The van der Waals surface area contributed by atoms with Gasteiger partial charge in [-0.05, 0) is 55.7 Å². The molecule has 0 amide bonds. The molecule has 0 aliphatic rings. The van der Waals surface area contributed by atoms with E-state index in [0.717, 1.165) is 38.7 Å². The number of nitrogens with zero attached hydrogens (tertiary/aromatic N) is 2. The van der Waals surface area contributed by atoms with Crippen molar-refractivity contribution in [2.24, 2.45) is 0 Å². The molecule has 0 radical (unpaired) electrons. The number of aryl methyl sites for hydroxylation is 3. The van der Waals surface area contributed by atoms with Crippen LogP contribution in [0.5, 0.6) is 5.75 Å². The van der Waals surface area contributed by atoms with E-state index in [0.29, 0.717) is 6.54 Å². The molecule has 0 unspecified atom stereocenters. The van der Waals surface area contributed by atoms with E-state index >= 15 is 0 Å². The molecule has 0 N–H and O–H groups in total. The molecule has 5 heteroatoms. The summed E-state index contributed by atoms with van der Waals surface area (Å²) in [5.74, 6) is 0.857. The van der Waals surface area contributed by atoms with E-state index < -0.39 is 0 Å². The van der Waals surface area contributed by atoms with Crippen molar-refractivity contribution in [3.05, 3.63) is 67.9 Å². The van der Waals surface area contributed by atoms with E-state index in [1.807, 2.05) is 31.3 Å². The van der Waals surface area contributed by atoms with Crippen LogP contribution in [0.25, 0.3) is 11.3 Å². The summed E-state index contributed by atoms with van der Waals surface area (Å²) in [6.07, 6.45) is 1.82. The molecule has 0 saturated carbocycles. The molecule has 24 heavy (non-hydrogen) atoms. The second kappa shape index (κ2) is 6.61. The van der Waals surface area contributed by atoms with Crippen LogP contribution >= 0.6 is 11.3 Å². The maximum Gasteiger partial charge on any atom is 0.251 e. The lowest BCUT2D eigenvalue weighted by Gasteiger charge is -2.10. The monoisotopic (exact) mass is 340 g/mol. The number of benzene rings is 1. The second-order valence-corrected chi connectivity index (χ2v) is 6.88. The summed E-state index contributed by atoms with van der Waals surface area (Å²) < 4.78 is 7.00. The molecule has 0 bridgehead atoms. The summed E-state index contributed by atoms with van der Waals surface area (Å²) in [5, 5.41) is 2.97. The third kappa shape index (κ3) is 3.26. The molecule has 2 aromatic heterocycles. The maximum atomic E-state index is 12.0. The first-order valence-corrected chi connectivity index (χ1v) is 8.63. The molecule has 0 fully saturated rings. The third-order valence-corrected chi connectivity index (χ3v) is 4.84. The third-order valence-electron chi connectivity index (χ3n) is 4.01. The van der Waals surface area contributed by atoms with Gasteiger partial charge in [-0.2, -0.15) is 0 Å². The summed E-state index contributed by atoms with van der Waals surface area (Å²) in [5.41, 5.74) is 5.33. The molecular weight excluding hydrogens is 320 g/mol. The number of rotatable bonds is 4. The summed E-state index contributed by atoms with van der Waals surface area (Å²) in [7, 11) is 1.67. The number of ether oxygens (including phenoxy) is 1. The van der Waals surface area contributed by atoms with Gasteiger partial charge in [-0.1, -0.05) is 0 Å². The molecule has 0 aliphatic carbocycles. The summed E-state index contributed by atoms with van der Waals surface area (Å²) in [4.78, 5) is 16.8. The fourth-order valence-corrected chi connectivity index (χ4v) is 3.61. The van der Waals surface area contributed by atoms with E-state index in [1.54, 1.807) is 29.1 Å². The molecule has 0 saturated heterocycles. The van der Waals surface area contributed by atoms with Gasteiger partial charge in [-0.15, -0.1) is 11.3 Å². The fourth-order valence-electron chi connectivity index (χ4n) is 2.83. The van der Waals surface area contributed by atoms with Gasteiger partial charge >= 0.3 is 0 Å². The number of aromatic nitrogens is 2. The van der Waals surface area contributed by atoms with Crippen LogP contribution in [0, 0.1) is 20.8 Å². The highest BCUT2D eigenvalue weighted by Gasteiger charge is 2.12. The molecular formula is C19H20N2O2S. The zero-order valence-electron chi connectivity index (χ0n) is 14.3. The van der Waals surface area contributed by atoms with E-state index in [1.165, 1.54) is 0 Å². The minimum Gasteiger partial charge on any atom is -0.497 e. The highest BCUT2D eigenvalue weighted by molar-refractivity contribution is 7.09. The fraction of sp³-hybridized carbons (Fsp3) is 0.263. The van der Waals surface area contributed by atoms with Crippen LogP contribution in [0.2, 0.25) is 0 Å². The van der Waals surface area contributed by atoms with Crippen molar-refractivity contribution in [2.75, 3.05) is 7.11 Å². The Balaban J connectivity index is 1.92. The Morgan fingerprint density at radius 3 is 2.50 bits per heavy atom. The van der Waals surface area contributed by atoms with Crippen LogP contribution in [0.4, 0.5) is 0 Å². The minimum absolute atomic E-state index is 0.00329. The van der Waals surface area contributed by atoms with Crippen molar-refractivity contribution in [2.45, 2.75) is 27.3 Å². The van der Waals surface area contributed by atoms with Gasteiger partial charge in [0.1, 0.15) is 10.8 Å².